The molecule has 1 aromatic rings. The fraction of sp³-hybridized carbons (Fsp3) is 0.769. The summed E-state index contributed by atoms with van der Waals surface area (Å²) in [6.45, 7) is 5.16. The summed E-state index contributed by atoms with van der Waals surface area (Å²) in [4.78, 5) is -0.00382. The molecular weight excluding hydrogens is 487 g/mol. The summed E-state index contributed by atoms with van der Waals surface area (Å²) in [7, 11) is -4.12. The van der Waals surface area contributed by atoms with Crippen LogP contribution in [0.25, 0.3) is 0 Å². The van der Waals surface area contributed by atoms with Gasteiger partial charge in [-0.25, -0.2) is 0 Å². The van der Waals surface area contributed by atoms with E-state index < -0.39 is 16.9 Å². The van der Waals surface area contributed by atoms with Gasteiger partial charge in [-0.2, -0.15) is 0 Å². The van der Waals surface area contributed by atoms with E-state index >= 15 is 0 Å². The van der Waals surface area contributed by atoms with Crippen molar-refractivity contribution in [2.75, 3.05) is 51.1 Å². The zero-order chi connectivity index (χ0) is 26.2. The van der Waals surface area contributed by atoms with Crippen LogP contribution in [0.4, 0.5) is 0 Å². The number of rotatable bonds is 21. The second-order valence-electron chi connectivity index (χ2n) is 9.48. The third-order valence-corrected chi connectivity index (χ3v) is 15.6. The van der Waals surface area contributed by atoms with Crippen molar-refractivity contribution < 1.29 is 32.1 Å². The maximum atomic E-state index is 14.0. The molecule has 2 N–H and O–H groups in total. The molecule has 1 aromatic carbocycles. The number of hydrogen-bond donors (Lipinski definition) is 2. The van der Waals surface area contributed by atoms with Crippen molar-refractivity contribution in [3.05, 3.63) is 18.2 Å². The van der Waals surface area contributed by atoms with E-state index in [1.165, 1.54) is 12.1 Å². The van der Waals surface area contributed by atoms with E-state index in [0.717, 1.165) is 76.0 Å². The molecule has 9 heteroatoms. The normalized spacial score (nSPS) is 13.4. The van der Waals surface area contributed by atoms with Gasteiger partial charge in [0.05, 0.1) is 0 Å². The molecule has 1 rings (SSSR count). The number of aliphatic hydroxyl groups is 2. The van der Waals surface area contributed by atoms with Crippen LogP contribution < -0.4 is 9.47 Å². The summed E-state index contributed by atoms with van der Waals surface area (Å²) in [5.41, 5.74) is 0. The van der Waals surface area contributed by atoms with Crippen molar-refractivity contribution in [2.45, 2.75) is 84.0 Å². The van der Waals surface area contributed by atoms with E-state index in [4.69, 9.17) is 23.7 Å². The summed E-state index contributed by atoms with van der Waals surface area (Å²) < 4.78 is 45.6. The molecule has 0 aromatic heterocycles. The molecule has 0 aliphatic rings. The molecule has 7 nitrogen and oxygen atoms in total. The topological polar surface area (TPSA) is 102 Å². The van der Waals surface area contributed by atoms with Crippen LogP contribution in [0, 0.1) is 0 Å². The van der Waals surface area contributed by atoms with Gasteiger partial charge in [0.15, 0.2) is 0 Å². The minimum absolute atomic E-state index is 0.00382. The van der Waals surface area contributed by atoms with Gasteiger partial charge in [-0.3, -0.25) is 0 Å². The SMILES string of the molecule is CCCCP(CCCC)(CCCC)(CCCC)OS(=O)(=O)c1cc(OCCO)cc(OCCO)c1. The Morgan fingerprint density at radius 1 is 0.686 bits per heavy atom. The Bertz CT molecular complexity index is 759. The Labute approximate surface area is 213 Å². The van der Waals surface area contributed by atoms with Crippen molar-refractivity contribution in [2.24, 2.45) is 0 Å². The van der Waals surface area contributed by atoms with Gasteiger partial charge in [0.1, 0.15) is 0 Å². The average molecular weight is 537 g/mol. The van der Waals surface area contributed by atoms with E-state index in [1.807, 2.05) is 0 Å². The van der Waals surface area contributed by atoms with Crippen molar-refractivity contribution >= 4 is 16.9 Å². The molecule has 0 saturated carbocycles. The van der Waals surface area contributed by atoms with Gasteiger partial charge in [0, 0.05) is 0 Å². The van der Waals surface area contributed by atoms with Crippen LogP contribution in [0.3, 0.4) is 0 Å². The molecule has 0 aliphatic heterocycles. The first-order valence-corrected chi connectivity index (χ1v) is 17.6. The maximum absolute atomic E-state index is 14.0. The first kappa shape index (κ1) is 32.1. The van der Waals surface area contributed by atoms with Gasteiger partial charge in [-0.05, 0) is 0 Å². The zero-order valence-corrected chi connectivity index (χ0v) is 24.0. The minimum atomic E-state index is -4.12. The summed E-state index contributed by atoms with van der Waals surface area (Å²) in [5.74, 6) is 0.558. The van der Waals surface area contributed by atoms with Gasteiger partial charge in [-0.1, -0.05) is 0 Å². The fourth-order valence-electron chi connectivity index (χ4n) is 4.56. The predicted octanol–water partition coefficient (Wildman–Crippen LogP) is 5.80. The zero-order valence-electron chi connectivity index (χ0n) is 22.3. The Morgan fingerprint density at radius 3 is 1.37 bits per heavy atom. The molecule has 0 aliphatic carbocycles. The van der Waals surface area contributed by atoms with Crippen LogP contribution in [-0.2, 0) is 14.1 Å². The average Bonchev–Trinajstić information content (AvgIpc) is 2.86. The molecule has 35 heavy (non-hydrogen) atoms. The first-order valence-electron chi connectivity index (χ1n) is 13.3. The van der Waals surface area contributed by atoms with Gasteiger partial charge < -0.3 is 0 Å². The van der Waals surface area contributed by atoms with E-state index in [-0.39, 0.29) is 42.8 Å². The number of hydrogen-bond acceptors (Lipinski definition) is 7. The second-order valence-corrected chi connectivity index (χ2v) is 17.0. The van der Waals surface area contributed by atoms with Gasteiger partial charge in [0.2, 0.25) is 0 Å². The van der Waals surface area contributed by atoms with Crippen LogP contribution in [-0.4, -0.2) is 69.7 Å². The molecule has 0 radical (unpaired) electrons. The van der Waals surface area contributed by atoms with E-state index in [9.17, 15) is 8.42 Å². The van der Waals surface area contributed by atoms with Gasteiger partial charge in [-0.15, -0.1) is 0 Å². The molecule has 0 bridgehead atoms. The van der Waals surface area contributed by atoms with Crippen molar-refractivity contribution in [3.8, 4) is 11.5 Å². The Kier molecular flexibility index (Phi) is 14.7. The molecule has 0 atom stereocenters. The molecule has 0 fully saturated rings. The van der Waals surface area contributed by atoms with Crippen LogP contribution in [0.1, 0.15) is 79.1 Å². The molecule has 0 amide bonds. The summed E-state index contributed by atoms with van der Waals surface area (Å²) in [6, 6.07) is 4.45. The Morgan fingerprint density at radius 2 is 1.06 bits per heavy atom. The molecule has 0 unspecified atom stereocenters. The van der Waals surface area contributed by atoms with Crippen LogP contribution >= 0.6 is 6.83 Å². The number of aliphatic hydroxyl groups excluding tert-OH is 2. The third-order valence-electron chi connectivity index (χ3n) is 6.48. The van der Waals surface area contributed by atoms with Crippen molar-refractivity contribution in [1.29, 1.82) is 0 Å². The van der Waals surface area contributed by atoms with E-state index in [0.29, 0.717) is 0 Å². The van der Waals surface area contributed by atoms with Crippen molar-refractivity contribution in [3.63, 3.8) is 0 Å². The molecule has 206 valence electrons. The van der Waals surface area contributed by atoms with Gasteiger partial charge >= 0.3 is 214 Å². The number of benzene rings is 1. The Hall–Kier alpha value is -0.920. The molecule has 0 heterocycles. The third kappa shape index (κ3) is 10.2. The summed E-state index contributed by atoms with van der Waals surface area (Å²) >= 11 is 0. The predicted molar refractivity (Wildman–Crippen MR) is 146 cm³/mol. The second kappa shape index (κ2) is 16.0. The first-order chi connectivity index (χ1) is 16.7. The summed E-state index contributed by atoms with van der Waals surface area (Å²) in [5, 5.41) is 18.3. The van der Waals surface area contributed by atoms with Crippen LogP contribution in [0.15, 0.2) is 23.1 Å². The quantitative estimate of drug-likeness (QED) is 0.191. The van der Waals surface area contributed by atoms with Crippen molar-refractivity contribution in [1.82, 2.24) is 0 Å². The molecule has 0 spiro atoms. The molecule has 0 saturated heterocycles. The Balaban J connectivity index is 3.62. The standard InChI is InChI=1S/C26H49O7PS/c1-5-9-17-34(18-10-6-2,19-11-7-3,20-12-8-4)33-35(29,30)26-22-24(31-15-13-27)21-25(23-26)32-16-14-28/h21-23,27-28H,5-20H2,1-4H3. The summed E-state index contributed by atoms with van der Waals surface area (Å²) in [6.07, 6.45) is 11.1. The molecular formula is C26H49O7PS. The fourth-order valence-corrected chi connectivity index (χ4v) is 14.6. The van der Waals surface area contributed by atoms with Crippen LogP contribution in [0.2, 0.25) is 0 Å². The van der Waals surface area contributed by atoms with Gasteiger partial charge in [0.25, 0.3) is 0 Å². The monoisotopic (exact) mass is 536 g/mol. The number of ether oxygens (including phenoxy) is 2. The van der Waals surface area contributed by atoms with Crippen LogP contribution in [0.5, 0.6) is 11.5 Å². The number of unbranched alkanes of at least 4 members (excludes halogenated alkanes) is 4. The van der Waals surface area contributed by atoms with E-state index in [2.05, 4.69) is 27.7 Å². The van der Waals surface area contributed by atoms with E-state index in [1.54, 1.807) is 6.07 Å².